The zero-order chi connectivity index (χ0) is 12.1. The highest BCUT2D eigenvalue weighted by Crippen LogP contribution is 2.32. The van der Waals surface area contributed by atoms with Gasteiger partial charge in [0.2, 0.25) is 0 Å². The van der Waals surface area contributed by atoms with Gasteiger partial charge in [0.05, 0.1) is 0 Å². The first-order valence-corrected chi connectivity index (χ1v) is 7.64. The van der Waals surface area contributed by atoms with Crippen LogP contribution in [0.1, 0.15) is 51.4 Å². The van der Waals surface area contributed by atoms with E-state index in [0.29, 0.717) is 0 Å². The van der Waals surface area contributed by atoms with E-state index in [1.165, 1.54) is 64.5 Å². The van der Waals surface area contributed by atoms with Crippen LogP contribution in [-0.2, 0) is 0 Å². The van der Waals surface area contributed by atoms with Gasteiger partial charge in [0.15, 0.2) is 0 Å². The first kappa shape index (κ1) is 13.4. The van der Waals surface area contributed by atoms with E-state index in [4.69, 9.17) is 0 Å². The van der Waals surface area contributed by atoms with Crippen LogP contribution in [0.25, 0.3) is 0 Å². The van der Waals surface area contributed by atoms with Crippen LogP contribution in [0, 0.1) is 11.8 Å². The van der Waals surface area contributed by atoms with Crippen LogP contribution >= 0.6 is 0 Å². The molecular weight excluding hydrogens is 208 g/mol. The summed E-state index contributed by atoms with van der Waals surface area (Å²) in [6.45, 7) is 2.49. The Morgan fingerprint density at radius 2 is 1.65 bits per heavy atom. The Morgan fingerprint density at radius 3 is 2.24 bits per heavy atom. The Labute approximate surface area is 107 Å². The summed E-state index contributed by atoms with van der Waals surface area (Å²) in [5.41, 5.74) is 0. The fourth-order valence-corrected chi connectivity index (χ4v) is 3.80. The van der Waals surface area contributed by atoms with E-state index in [2.05, 4.69) is 24.3 Å². The third-order valence-electron chi connectivity index (χ3n) is 4.89. The lowest BCUT2D eigenvalue weighted by Crippen LogP contribution is -2.40. The van der Waals surface area contributed by atoms with E-state index in [-0.39, 0.29) is 0 Å². The Hall–Kier alpha value is -0.0800. The minimum Gasteiger partial charge on any atom is -0.317 e. The van der Waals surface area contributed by atoms with Gasteiger partial charge in [-0.05, 0) is 71.1 Å². The molecule has 2 nitrogen and oxygen atoms in total. The van der Waals surface area contributed by atoms with Crippen molar-refractivity contribution in [3.8, 4) is 0 Å². The van der Waals surface area contributed by atoms with Gasteiger partial charge < -0.3 is 10.2 Å². The van der Waals surface area contributed by atoms with Gasteiger partial charge in [-0.2, -0.15) is 0 Å². The predicted octanol–water partition coefficient (Wildman–Crippen LogP) is 2.89. The van der Waals surface area contributed by atoms with E-state index in [1.807, 2.05) is 0 Å². The smallest absolute Gasteiger partial charge is 0.0120 e. The zero-order valence-corrected chi connectivity index (χ0v) is 11.8. The standard InChI is InChI=1S/C15H30N2/c1-17(2)15(14-6-4-3-5-7-14)12-13-8-10-16-11-9-13/h13-16H,3-12H2,1-2H3. The Kier molecular flexibility index (Phi) is 5.30. The van der Waals surface area contributed by atoms with Crippen molar-refractivity contribution in [2.24, 2.45) is 11.8 Å². The number of hydrogen-bond donors (Lipinski definition) is 1. The maximum absolute atomic E-state index is 3.48. The molecule has 0 bridgehead atoms. The van der Waals surface area contributed by atoms with Gasteiger partial charge in [0, 0.05) is 6.04 Å². The van der Waals surface area contributed by atoms with E-state index in [0.717, 1.165) is 17.9 Å². The monoisotopic (exact) mass is 238 g/mol. The lowest BCUT2D eigenvalue weighted by Gasteiger charge is -2.38. The maximum atomic E-state index is 3.48. The summed E-state index contributed by atoms with van der Waals surface area (Å²) in [6.07, 6.45) is 11.6. The number of nitrogens with zero attached hydrogens (tertiary/aromatic N) is 1. The van der Waals surface area contributed by atoms with Gasteiger partial charge in [0.1, 0.15) is 0 Å². The number of piperidine rings is 1. The van der Waals surface area contributed by atoms with Gasteiger partial charge in [-0.25, -0.2) is 0 Å². The van der Waals surface area contributed by atoms with Crippen LogP contribution in [0.15, 0.2) is 0 Å². The lowest BCUT2D eigenvalue weighted by atomic mass is 9.78. The molecule has 1 atom stereocenters. The molecule has 1 aliphatic carbocycles. The second kappa shape index (κ2) is 6.75. The molecule has 1 saturated heterocycles. The van der Waals surface area contributed by atoms with Crippen molar-refractivity contribution >= 4 is 0 Å². The summed E-state index contributed by atoms with van der Waals surface area (Å²) in [4.78, 5) is 2.51. The SMILES string of the molecule is CN(C)C(CC1CCNCC1)C1CCCCC1. The summed E-state index contributed by atoms with van der Waals surface area (Å²) in [6, 6.07) is 0.846. The fourth-order valence-electron chi connectivity index (χ4n) is 3.80. The average Bonchev–Trinajstić information content (AvgIpc) is 2.38. The third kappa shape index (κ3) is 3.96. The van der Waals surface area contributed by atoms with Crippen LogP contribution < -0.4 is 5.32 Å². The quantitative estimate of drug-likeness (QED) is 0.810. The molecule has 17 heavy (non-hydrogen) atoms. The van der Waals surface area contributed by atoms with Crippen LogP contribution in [-0.4, -0.2) is 38.1 Å². The zero-order valence-electron chi connectivity index (χ0n) is 11.8. The summed E-state index contributed by atoms with van der Waals surface area (Å²) in [7, 11) is 4.58. The molecule has 1 saturated carbocycles. The topological polar surface area (TPSA) is 15.3 Å². The largest absolute Gasteiger partial charge is 0.317 e. The van der Waals surface area contributed by atoms with Crippen molar-refractivity contribution < 1.29 is 0 Å². The molecule has 2 heteroatoms. The molecule has 2 aliphatic rings. The highest BCUT2D eigenvalue weighted by atomic mass is 15.1. The highest BCUT2D eigenvalue weighted by molar-refractivity contribution is 4.83. The minimum atomic E-state index is 0.846. The Bertz CT molecular complexity index is 203. The molecule has 2 fully saturated rings. The normalized spacial score (nSPS) is 26.3. The van der Waals surface area contributed by atoms with Crippen LogP contribution in [0.3, 0.4) is 0 Å². The van der Waals surface area contributed by atoms with Gasteiger partial charge in [-0.15, -0.1) is 0 Å². The maximum Gasteiger partial charge on any atom is 0.0120 e. The number of rotatable bonds is 4. The summed E-state index contributed by atoms with van der Waals surface area (Å²) < 4.78 is 0. The Morgan fingerprint density at radius 1 is 1.00 bits per heavy atom. The molecule has 0 aromatic heterocycles. The minimum absolute atomic E-state index is 0.846. The fraction of sp³-hybridized carbons (Fsp3) is 1.00. The van der Waals surface area contributed by atoms with Gasteiger partial charge in [-0.3, -0.25) is 0 Å². The van der Waals surface area contributed by atoms with Crippen molar-refractivity contribution in [3.05, 3.63) is 0 Å². The number of nitrogens with one attached hydrogen (secondary N) is 1. The third-order valence-corrected chi connectivity index (χ3v) is 4.89. The van der Waals surface area contributed by atoms with Crippen LogP contribution in [0.5, 0.6) is 0 Å². The first-order chi connectivity index (χ1) is 8.27. The molecule has 0 spiro atoms. The number of hydrogen-bond acceptors (Lipinski definition) is 2. The summed E-state index contributed by atoms with van der Waals surface area (Å²) in [5, 5.41) is 3.48. The van der Waals surface area contributed by atoms with Crippen molar-refractivity contribution in [2.75, 3.05) is 27.2 Å². The molecule has 0 aromatic rings. The van der Waals surface area contributed by atoms with Crippen molar-refractivity contribution in [1.29, 1.82) is 0 Å². The molecule has 2 rings (SSSR count). The van der Waals surface area contributed by atoms with Crippen LogP contribution in [0.2, 0.25) is 0 Å². The average molecular weight is 238 g/mol. The molecule has 0 radical (unpaired) electrons. The molecule has 1 N–H and O–H groups in total. The van der Waals surface area contributed by atoms with Crippen LogP contribution in [0.4, 0.5) is 0 Å². The second-order valence-electron chi connectivity index (χ2n) is 6.36. The van der Waals surface area contributed by atoms with E-state index >= 15 is 0 Å². The molecular formula is C15H30N2. The first-order valence-electron chi connectivity index (χ1n) is 7.64. The highest BCUT2D eigenvalue weighted by Gasteiger charge is 2.28. The predicted molar refractivity (Wildman–Crippen MR) is 74.3 cm³/mol. The molecule has 1 heterocycles. The molecule has 1 aliphatic heterocycles. The molecule has 1 unspecified atom stereocenters. The molecule has 0 aromatic carbocycles. The summed E-state index contributed by atoms with van der Waals surface area (Å²) >= 11 is 0. The van der Waals surface area contributed by atoms with Gasteiger partial charge in [-0.1, -0.05) is 19.3 Å². The van der Waals surface area contributed by atoms with E-state index in [9.17, 15) is 0 Å². The van der Waals surface area contributed by atoms with Gasteiger partial charge >= 0.3 is 0 Å². The summed E-state index contributed by atoms with van der Waals surface area (Å²) in [5.74, 6) is 1.96. The second-order valence-corrected chi connectivity index (χ2v) is 6.36. The lowest BCUT2D eigenvalue weighted by molar-refractivity contribution is 0.133. The van der Waals surface area contributed by atoms with Crippen molar-refractivity contribution in [3.63, 3.8) is 0 Å². The van der Waals surface area contributed by atoms with E-state index < -0.39 is 0 Å². The van der Waals surface area contributed by atoms with E-state index in [1.54, 1.807) is 0 Å². The van der Waals surface area contributed by atoms with Crippen molar-refractivity contribution in [1.82, 2.24) is 10.2 Å². The molecule has 100 valence electrons. The molecule has 0 amide bonds. The Balaban J connectivity index is 1.86. The van der Waals surface area contributed by atoms with Crippen molar-refractivity contribution in [2.45, 2.75) is 57.4 Å². The van der Waals surface area contributed by atoms with Gasteiger partial charge in [0.25, 0.3) is 0 Å².